The van der Waals surface area contributed by atoms with Crippen molar-refractivity contribution < 1.29 is 4.74 Å². The van der Waals surface area contributed by atoms with Crippen LogP contribution in [0.4, 0.5) is 5.82 Å². The van der Waals surface area contributed by atoms with Gasteiger partial charge in [0.25, 0.3) is 0 Å². The Hall–Kier alpha value is -2.02. The topological polar surface area (TPSA) is 49.1 Å². The smallest absolute Gasteiger partial charge is 0.215 e. The SMILES string of the molecule is C=CCOc1ccc(C#N)c(N2CCCCC2)n1. The summed E-state index contributed by atoms with van der Waals surface area (Å²) in [5, 5.41) is 9.14. The Morgan fingerprint density at radius 2 is 2.17 bits per heavy atom. The third-order valence-electron chi connectivity index (χ3n) is 2.97. The Labute approximate surface area is 108 Å². The van der Waals surface area contributed by atoms with E-state index in [2.05, 4.69) is 22.5 Å². The van der Waals surface area contributed by atoms with Crippen LogP contribution in [0.5, 0.6) is 5.88 Å². The lowest BCUT2D eigenvalue weighted by molar-refractivity contribution is 0.348. The van der Waals surface area contributed by atoms with Crippen LogP contribution in [0, 0.1) is 11.3 Å². The number of hydrogen-bond donors (Lipinski definition) is 0. The van der Waals surface area contributed by atoms with E-state index in [1.54, 1.807) is 18.2 Å². The van der Waals surface area contributed by atoms with Gasteiger partial charge < -0.3 is 9.64 Å². The van der Waals surface area contributed by atoms with Crippen molar-refractivity contribution in [1.82, 2.24) is 4.98 Å². The third kappa shape index (κ3) is 2.80. The molecule has 1 aromatic rings. The van der Waals surface area contributed by atoms with Crippen LogP contribution < -0.4 is 9.64 Å². The molecule has 1 saturated heterocycles. The van der Waals surface area contributed by atoms with Crippen LogP contribution in [0.2, 0.25) is 0 Å². The third-order valence-corrected chi connectivity index (χ3v) is 2.97. The van der Waals surface area contributed by atoms with Gasteiger partial charge in [0.1, 0.15) is 12.7 Å². The molecule has 2 heterocycles. The van der Waals surface area contributed by atoms with Crippen molar-refractivity contribution in [2.75, 3.05) is 24.6 Å². The molecule has 2 rings (SSSR count). The number of aromatic nitrogens is 1. The average molecular weight is 243 g/mol. The summed E-state index contributed by atoms with van der Waals surface area (Å²) in [7, 11) is 0. The van der Waals surface area contributed by atoms with E-state index in [4.69, 9.17) is 10.00 Å². The molecule has 4 nitrogen and oxygen atoms in total. The summed E-state index contributed by atoms with van der Waals surface area (Å²) >= 11 is 0. The van der Waals surface area contributed by atoms with E-state index in [1.165, 1.54) is 6.42 Å². The van der Waals surface area contributed by atoms with E-state index in [0.29, 0.717) is 18.1 Å². The lowest BCUT2D eigenvalue weighted by atomic mass is 10.1. The van der Waals surface area contributed by atoms with Gasteiger partial charge in [-0.25, -0.2) is 0 Å². The van der Waals surface area contributed by atoms with Crippen molar-refractivity contribution in [3.05, 3.63) is 30.4 Å². The summed E-state index contributed by atoms with van der Waals surface area (Å²) in [4.78, 5) is 6.61. The molecule has 4 heteroatoms. The quantitative estimate of drug-likeness (QED) is 0.762. The van der Waals surface area contributed by atoms with Crippen LogP contribution in [-0.4, -0.2) is 24.7 Å². The highest BCUT2D eigenvalue weighted by atomic mass is 16.5. The molecule has 0 radical (unpaired) electrons. The molecule has 18 heavy (non-hydrogen) atoms. The Morgan fingerprint density at radius 3 is 2.83 bits per heavy atom. The van der Waals surface area contributed by atoms with Crippen molar-refractivity contribution in [1.29, 1.82) is 5.26 Å². The number of anilines is 1. The first-order valence-electron chi connectivity index (χ1n) is 6.25. The number of pyridine rings is 1. The van der Waals surface area contributed by atoms with Gasteiger partial charge in [-0.2, -0.15) is 10.2 Å². The monoisotopic (exact) mass is 243 g/mol. The summed E-state index contributed by atoms with van der Waals surface area (Å²) in [5.74, 6) is 1.30. The molecule has 0 saturated carbocycles. The van der Waals surface area contributed by atoms with Crippen LogP contribution in [0.25, 0.3) is 0 Å². The highest BCUT2D eigenvalue weighted by Gasteiger charge is 2.16. The Kier molecular flexibility index (Phi) is 4.19. The Morgan fingerprint density at radius 1 is 1.39 bits per heavy atom. The normalized spacial score (nSPS) is 14.9. The summed E-state index contributed by atoms with van der Waals surface area (Å²) in [6.45, 7) is 5.96. The zero-order chi connectivity index (χ0) is 12.8. The van der Waals surface area contributed by atoms with Crippen molar-refractivity contribution in [3.63, 3.8) is 0 Å². The van der Waals surface area contributed by atoms with Gasteiger partial charge in [0, 0.05) is 19.2 Å². The van der Waals surface area contributed by atoms with Gasteiger partial charge in [-0.3, -0.25) is 0 Å². The van der Waals surface area contributed by atoms with E-state index in [0.717, 1.165) is 31.7 Å². The Balaban J connectivity index is 2.24. The number of piperidine rings is 1. The van der Waals surface area contributed by atoms with Crippen molar-refractivity contribution in [3.8, 4) is 11.9 Å². The molecule has 1 aromatic heterocycles. The first kappa shape index (κ1) is 12.4. The van der Waals surface area contributed by atoms with E-state index in [1.807, 2.05) is 0 Å². The first-order chi connectivity index (χ1) is 8.85. The molecule has 0 bridgehead atoms. The zero-order valence-corrected chi connectivity index (χ0v) is 10.4. The fourth-order valence-corrected chi connectivity index (χ4v) is 2.09. The number of ether oxygens (including phenoxy) is 1. The molecule has 0 atom stereocenters. The van der Waals surface area contributed by atoms with E-state index in [-0.39, 0.29) is 0 Å². The second-order valence-corrected chi connectivity index (χ2v) is 4.28. The summed E-state index contributed by atoms with van der Waals surface area (Å²) in [6.07, 6.45) is 5.25. The fraction of sp³-hybridized carbons (Fsp3) is 0.429. The minimum absolute atomic E-state index is 0.429. The number of rotatable bonds is 4. The van der Waals surface area contributed by atoms with Crippen molar-refractivity contribution in [2.45, 2.75) is 19.3 Å². The molecule has 0 unspecified atom stereocenters. The van der Waals surface area contributed by atoms with Gasteiger partial charge in [-0.1, -0.05) is 12.7 Å². The summed E-state index contributed by atoms with van der Waals surface area (Å²) in [6, 6.07) is 5.70. The van der Waals surface area contributed by atoms with Gasteiger partial charge >= 0.3 is 0 Å². The maximum atomic E-state index is 9.14. The molecule has 0 aromatic carbocycles. The predicted octanol–water partition coefficient (Wildman–Crippen LogP) is 2.51. The molecule has 94 valence electrons. The second kappa shape index (κ2) is 6.06. The van der Waals surface area contributed by atoms with E-state index >= 15 is 0 Å². The molecule has 0 N–H and O–H groups in total. The van der Waals surface area contributed by atoms with E-state index in [9.17, 15) is 0 Å². The minimum Gasteiger partial charge on any atom is -0.473 e. The van der Waals surface area contributed by atoms with E-state index < -0.39 is 0 Å². The van der Waals surface area contributed by atoms with Gasteiger partial charge in [0.05, 0.1) is 5.56 Å². The number of hydrogen-bond acceptors (Lipinski definition) is 4. The molecular formula is C14H17N3O. The van der Waals surface area contributed by atoms with Gasteiger partial charge in [0.2, 0.25) is 5.88 Å². The summed E-state index contributed by atoms with van der Waals surface area (Å²) < 4.78 is 5.42. The van der Waals surface area contributed by atoms with Crippen LogP contribution in [-0.2, 0) is 0 Å². The molecule has 0 amide bonds. The van der Waals surface area contributed by atoms with Gasteiger partial charge in [-0.05, 0) is 25.3 Å². The molecule has 1 fully saturated rings. The van der Waals surface area contributed by atoms with Gasteiger partial charge in [-0.15, -0.1) is 0 Å². The fourth-order valence-electron chi connectivity index (χ4n) is 2.09. The van der Waals surface area contributed by atoms with Crippen LogP contribution in [0.1, 0.15) is 24.8 Å². The van der Waals surface area contributed by atoms with Crippen LogP contribution >= 0.6 is 0 Å². The number of nitriles is 1. The van der Waals surface area contributed by atoms with Crippen molar-refractivity contribution in [2.24, 2.45) is 0 Å². The maximum absolute atomic E-state index is 9.14. The molecular weight excluding hydrogens is 226 g/mol. The van der Waals surface area contributed by atoms with Crippen LogP contribution in [0.15, 0.2) is 24.8 Å². The largest absolute Gasteiger partial charge is 0.473 e. The second-order valence-electron chi connectivity index (χ2n) is 4.28. The number of nitrogens with zero attached hydrogens (tertiary/aromatic N) is 3. The highest BCUT2D eigenvalue weighted by molar-refractivity contribution is 5.55. The Bertz CT molecular complexity index is 459. The zero-order valence-electron chi connectivity index (χ0n) is 10.4. The first-order valence-corrected chi connectivity index (χ1v) is 6.25. The average Bonchev–Trinajstić information content (AvgIpc) is 2.45. The highest BCUT2D eigenvalue weighted by Crippen LogP contribution is 2.24. The molecule has 1 aliphatic rings. The summed E-state index contributed by atoms with van der Waals surface area (Å²) in [5.41, 5.74) is 0.614. The van der Waals surface area contributed by atoms with Crippen molar-refractivity contribution >= 4 is 5.82 Å². The standard InChI is InChI=1S/C14H17N3O/c1-2-10-18-13-7-6-12(11-15)14(16-13)17-8-4-3-5-9-17/h2,6-7H,1,3-5,8-10H2. The predicted molar refractivity (Wildman–Crippen MR) is 70.7 cm³/mol. The van der Waals surface area contributed by atoms with Gasteiger partial charge in [0.15, 0.2) is 5.82 Å². The molecule has 0 aliphatic carbocycles. The maximum Gasteiger partial charge on any atom is 0.215 e. The molecule has 0 spiro atoms. The lowest BCUT2D eigenvalue weighted by Gasteiger charge is -2.28. The lowest BCUT2D eigenvalue weighted by Crippen LogP contribution is -2.30. The molecule has 1 aliphatic heterocycles. The van der Waals surface area contributed by atoms with Crippen LogP contribution in [0.3, 0.4) is 0 Å². The minimum atomic E-state index is 0.429.